The molecule has 0 aliphatic heterocycles. The van der Waals surface area contributed by atoms with Gasteiger partial charge in [0.15, 0.2) is 5.71 Å². The van der Waals surface area contributed by atoms with Gasteiger partial charge in [0.2, 0.25) is 5.78 Å². The van der Waals surface area contributed by atoms with Crippen LogP contribution in [0, 0.1) is 5.41 Å². The van der Waals surface area contributed by atoms with Crippen molar-refractivity contribution in [3.63, 3.8) is 0 Å². The third kappa shape index (κ3) is 11.2. The third-order valence-electron chi connectivity index (χ3n) is 6.56. The second-order valence-corrected chi connectivity index (χ2v) is 11.7. The van der Waals surface area contributed by atoms with Crippen LogP contribution in [0.3, 0.4) is 0 Å². The van der Waals surface area contributed by atoms with Crippen LogP contribution in [0.5, 0.6) is 5.75 Å². The summed E-state index contributed by atoms with van der Waals surface area (Å²) in [6, 6.07) is 18.4. The zero-order chi connectivity index (χ0) is 36.2. The van der Waals surface area contributed by atoms with Gasteiger partial charge in [0.25, 0.3) is 6.23 Å². The molecule has 0 bridgehead atoms. The van der Waals surface area contributed by atoms with Crippen molar-refractivity contribution >= 4 is 34.8 Å². The summed E-state index contributed by atoms with van der Waals surface area (Å²) in [6.45, 7) is 7.00. The highest BCUT2D eigenvalue weighted by Crippen LogP contribution is 2.30. The van der Waals surface area contributed by atoms with Crippen LogP contribution in [0.4, 0.5) is 13.2 Å². The Labute approximate surface area is 286 Å². The normalized spacial score (nSPS) is 12.7. The quantitative estimate of drug-likeness (QED) is 0.0907. The maximum absolute atomic E-state index is 12.9. The molecule has 0 amide bonds. The summed E-state index contributed by atoms with van der Waals surface area (Å²) in [5, 5.41) is 12.2. The molecule has 0 fully saturated rings. The van der Waals surface area contributed by atoms with E-state index < -0.39 is 29.4 Å². The van der Waals surface area contributed by atoms with Crippen molar-refractivity contribution in [2.24, 2.45) is 15.7 Å². The first-order valence-electron chi connectivity index (χ1n) is 14.6. The highest BCUT2D eigenvalue weighted by Gasteiger charge is 2.33. The van der Waals surface area contributed by atoms with Crippen LogP contribution >= 0.6 is 11.6 Å². The van der Waals surface area contributed by atoms with Crippen molar-refractivity contribution in [3.8, 4) is 5.75 Å². The number of rotatable bonds is 11. The maximum atomic E-state index is 12.9. The predicted molar refractivity (Wildman–Crippen MR) is 176 cm³/mol. The summed E-state index contributed by atoms with van der Waals surface area (Å²) in [5.74, 6) is -0.228. The lowest BCUT2D eigenvalue weighted by Crippen LogP contribution is -2.34. The number of carbonyl (C=O) groups excluding carboxylic acids is 2. The minimum Gasteiger partial charge on any atom is -0.464 e. The predicted octanol–water partition coefficient (Wildman–Crippen LogP) is 7.29. The molecule has 0 aliphatic carbocycles. The number of alkyl halides is 3. The Balaban J connectivity index is 0.000000284. The van der Waals surface area contributed by atoms with Crippen molar-refractivity contribution in [1.29, 1.82) is 0 Å². The summed E-state index contributed by atoms with van der Waals surface area (Å²) in [6.07, 6.45) is -2.46. The monoisotopic (exact) mass is 701 g/mol. The molecule has 49 heavy (non-hydrogen) atoms. The molecular formula is C34H35ClF3N5O6. The molecule has 0 saturated carbocycles. The number of hydrogen-bond donors (Lipinski definition) is 0. The number of nitrogens with zero attached hydrogens (tertiary/aromatic N) is 5. The number of Topliss-reactive ketones (excluding diaryl/α,β-unsaturated/α-hetero) is 1. The lowest BCUT2D eigenvalue weighted by atomic mass is 9.90. The number of aromatic nitrogens is 3. The van der Waals surface area contributed by atoms with E-state index in [0.717, 1.165) is 12.1 Å². The van der Waals surface area contributed by atoms with Crippen LogP contribution in [-0.4, -0.2) is 52.2 Å². The third-order valence-corrected chi connectivity index (χ3v) is 6.82. The molecular weight excluding hydrogens is 667 g/mol. The van der Waals surface area contributed by atoms with E-state index in [-0.39, 0.29) is 29.4 Å². The number of ether oxygens (including phenoxy) is 2. The summed E-state index contributed by atoms with van der Waals surface area (Å²) in [4.78, 5) is 38.3. The molecule has 4 rings (SSSR count). The average molecular weight is 702 g/mol. The zero-order valence-corrected chi connectivity index (χ0v) is 28.3. The Morgan fingerprint density at radius 2 is 1.65 bits per heavy atom. The van der Waals surface area contributed by atoms with Gasteiger partial charge in [-0.2, -0.15) is 18.3 Å². The molecule has 0 spiro atoms. The van der Waals surface area contributed by atoms with E-state index in [9.17, 15) is 22.8 Å². The average Bonchev–Trinajstić information content (AvgIpc) is 3.61. The van der Waals surface area contributed by atoms with Gasteiger partial charge in [-0.15, -0.1) is 0 Å². The van der Waals surface area contributed by atoms with Crippen molar-refractivity contribution < 1.29 is 41.9 Å². The summed E-state index contributed by atoms with van der Waals surface area (Å²) in [7, 11) is 2.51. The minimum atomic E-state index is -4.44. The molecule has 260 valence electrons. The first-order chi connectivity index (χ1) is 23.1. The number of methoxy groups -OCH3 is 1. The molecule has 1 atom stereocenters. The largest absolute Gasteiger partial charge is 0.464 e. The van der Waals surface area contributed by atoms with Gasteiger partial charge in [0, 0.05) is 21.6 Å². The zero-order valence-electron chi connectivity index (χ0n) is 27.6. The van der Waals surface area contributed by atoms with E-state index in [0.29, 0.717) is 21.9 Å². The van der Waals surface area contributed by atoms with Gasteiger partial charge in [0.05, 0.1) is 18.4 Å². The Kier molecular flexibility index (Phi) is 13.4. The molecule has 1 aromatic heterocycles. The van der Waals surface area contributed by atoms with Crippen LogP contribution in [-0.2, 0) is 36.8 Å². The van der Waals surface area contributed by atoms with Gasteiger partial charge < -0.3 is 19.1 Å². The van der Waals surface area contributed by atoms with Crippen molar-refractivity contribution in [1.82, 2.24) is 14.8 Å². The van der Waals surface area contributed by atoms with Crippen LogP contribution < -0.4 is 4.74 Å². The minimum absolute atomic E-state index is 0.0484. The Morgan fingerprint density at radius 1 is 0.959 bits per heavy atom. The van der Waals surface area contributed by atoms with Crippen molar-refractivity contribution in [2.45, 2.75) is 46.7 Å². The fourth-order valence-corrected chi connectivity index (χ4v) is 4.14. The smallest absolute Gasteiger partial charge is 0.416 e. The fraction of sp³-hybridized carbons (Fsp3) is 0.294. The second kappa shape index (κ2) is 17.2. The number of halogens is 4. The molecule has 0 N–H and O–H groups in total. The standard InChI is InChI=1S/C20H19F3N2O4.C14H16ClN3O2/c1-13(14-8-6-9-16(11-14)20(21,22)23)24-29-12-15-7-4-5-10-17(15)18(25-28-3)19(26)27-2;1-14(2,3)12(19)13(18-9-16-8-17-18)20-11-6-4-10(15)5-7-11/h4-11H,12H2,1-3H3;4-9,13H,1-3H3/b24-13+,25-18+;. The topological polar surface area (TPSA) is 126 Å². The van der Waals surface area contributed by atoms with Gasteiger partial charge in [-0.25, -0.2) is 14.5 Å². The number of carbonyl (C=O) groups is 2. The molecule has 11 nitrogen and oxygen atoms in total. The van der Waals surface area contributed by atoms with Gasteiger partial charge in [0.1, 0.15) is 32.1 Å². The van der Waals surface area contributed by atoms with Crippen molar-refractivity contribution in [3.05, 3.63) is 113 Å². The van der Waals surface area contributed by atoms with Crippen LogP contribution in [0.25, 0.3) is 0 Å². The Morgan fingerprint density at radius 3 is 2.24 bits per heavy atom. The maximum Gasteiger partial charge on any atom is 0.416 e. The van der Waals surface area contributed by atoms with E-state index >= 15 is 0 Å². The van der Waals surface area contributed by atoms with Crippen LogP contribution in [0.2, 0.25) is 5.02 Å². The van der Waals surface area contributed by atoms with E-state index in [1.165, 1.54) is 50.6 Å². The van der Waals surface area contributed by atoms with Gasteiger partial charge in [-0.05, 0) is 48.9 Å². The first kappa shape index (κ1) is 38.2. The summed E-state index contributed by atoms with van der Waals surface area (Å²) >= 11 is 5.83. The first-order valence-corrected chi connectivity index (χ1v) is 15.0. The van der Waals surface area contributed by atoms with E-state index in [4.69, 9.17) is 30.7 Å². The van der Waals surface area contributed by atoms with E-state index in [1.54, 1.807) is 48.5 Å². The molecule has 15 heteroatoms. The number of hydrogen-bond acceptors (Lipinski definition) is 10. The summed E-state index contributed by atoms with van der Waals surface area (Å²) in [5.41, 5.74) is 0.170. The lowest BCUT2D eigenvalue weighted by molar-refractivity contribution is -0.138. The molecule has 4 aromatic rings. The number of benzene rings is 3. The molecule has 1 unspecified atom stereocenters. The Bertz CT molecular complexity index is 1760. The number of esters is 1. The lowest BCUT2D eigenvalue weighted by Gasteiger charge is -2.25. The highest BCUT2D eigenvalue weighted by atomic mass is 35.5. The van der Waals surface area contributed by atoms with E-state index in [2.05, 4.69) is 20.4 Å². The number of oxime groups is 2. The molecule has 0 aliphatic rings. The van der Waals surface area contributed by atoms with Crippen LogP contribution in [0.1, 0.15) is 56.2 Å². The SMILES string of the molecule is CC(C)(C)C(=O)C(Oc1ccc(Cl)cc1)n1cncn1.CO/N=C(/C(=O)OC)c1ccccc1CO/N=C(\C)c1cccc(C(F)(F)F)c1. The number of ketones is 1. The van der Waals surface area contributed by atoms with Gasteiger partial charge in [-0.3, -0.25) is 4.79 Å². The van der Waals surface area contributed by atoms with Gasteiger partial charge in [-0.1, -0.05) is 79.1 Å². The van der Waals surface area contributed by atoms with Crippen LogP contribution in [0.15, 0.2) is 95.8 Å². The van der Waals surface area contributed by atoms with E-state index in [1.807, 2.05) is 20.8 Å². The highest BCUT2D eigenvalue weighted by molar-refractivity contribution is 6.43. The van der Waals surface area contributed by atoms with Gasteiger partial charge >= 0.3 is 12.1 Å². The Hall–Kier alpha value is -5.24. The molecule has 0 radical (unpaired) electrons. The fourth-order valence-electron chi connectivity index (χ4n) is 4.01. The van der Waals surface area contributed by atoms with Crippen molar-refractivity contribution in [2.75, 3.05) is 14.2 Å². The molecule has 3 aromatic carbocycles. The molecule has 1 heterocycles. The summed E-state index contributed by atoms with van der Waals surface area (Å²) < 4.78 is 50.4. The second-order valence-electron chi connectivity index (χ2n) is 11.2. The molecule has 0 saturated heterocycles.